The quantitative estimate of drug-likeness (QED) is 0.750. The molecular weight excluding hydrogens is 380 g/mol. The minimum absolute atomic E-state index is 0.0969. The summed E-state index contributed by atoms with van der Waals surface area (Å²) >= 11 is 0. The van der Waals surface area contributed by atoms with Crippen LogP contribution >= 0.6 is 0 Å². The van der Waals surface area contributed by atoms with Crippen LogP contribution < -0.4 is 5.32 Å². The number of piperidine rings is 2. The lowest BCUT2D eigenvalue weighted by atomic mass is 9.90. The van der Waals surface area contributed by atoms with Gasteiger partial charge in [0.2, 0.25) is 5.91 Å². The van der Waals surface area contributed by atoms with Crippen LogP contribution in [0.25, 0.3) is 0 Å². The number of likely N-dealkylation sites (tertiary alicyclic amines) is 2. The van der Waals surface area contributed by atoms with Gasteiger partial charge in [0.25, 0.3) is 5.91 Å². The fraction of sp³-hybridized carbons (Fsp3) is 0.619. The first-order valence-electron chi connectivity index (χ1n) is 10.2. The predicted molar refractivity (Wildman–Crippen MR) is 104 cm³/mol. The number of nitrogens with one attached hydrogen (secondary N) is 1. The summed E-state index contributed by atoms with van der Waals surface area (Å²) in [5, 5.41) is 14.1. The Morgan fingerprint density at radius 1 is 1.24 bits per heavy atom. The highest BCUT2D eigenvalue weighted by molar-refractivity contribution is 5.86. The van der Waals surface area contributed by atoms with Gasteiger partial charge >= 0.3 is 0 Å². The molecule has 0 saturated carbocycles. The van der Waals surface area contributed by atoms with Gasteiger partial charge in [0.1, 0.15) is 0 Å². The second-order valence-electron chi connectivity index (χ2n) is 8.19. The number of hydrogen-bond acceptors (Lipinski definition) is 4. The van der Waals surface area contributed by atoms with Crippen LogP contribution in [0.2, 0.25) is 0 Å². The highest BCUT2D eigenvalue weighted by atomic mass is 19.2. The molecule has 2 amide bonds. The number of nitrogens with zero attached hydrogens (tertiary/aromatic N) is 2. The van der Waals surface area contributed by atoms with Gasteiger partial charge in [-0.1, -0.05) is 6.07 Å². The van der Waals surface area contributed by atoms with E-state index in [2.05, 4.69) is 5.32 Å². The Bertz CT molecular complexity index is 753. The molecule has 2 aliphatic rings. The molecule has 0 unspecified atom stereocenters. The van der Waals surface area contributed by atoms with Crippen LogP contribution in [0.1, 0.15) is 38.2 Å². The molecule has 2 N–H and O–H groups in total. The molecule has 29 heavy (non-hydrogen) atoms. The molecule has 0 aliphatic carbocycles. The van der Waals surface area contributed by atoms with E-state index in [9.17, 15) is 23.5 Å². The lowest BCUT2D eigenvalue weighted by Gasteiger charge is -2.39. The maximum atomic E-state index is 13.4. The number of carbonyl (C=O) groups excluding carboxylic acids is 2. The second kappa shape index (κ2) is 9.17. The summed E-state index contributed by atoms with van der Waals surface area (Å²) in [6.07, 6.45) is 2.82. The van der Waals surface area contributed by atoms with Crippen molar-refractivity contribution in [2.75, 3.05) is 32.7 Å². The number of halogens is 2. The summed E-state index contributed by atoms with van der Waals surface area (Å²) in [5.41, 5.74) is -0.997. The van der Waals surface area contributed by atoms with Gasteiger partial charge in [-0.3, -0.25) is 9.59 Å². The van der Waals surface area contributed by atoms with Crippen LogP contribution in [0.5, 0.6) is 0 Å². The minimum Gasteiger partial charge on any atom is -0.379 e. The molecule has 160 valence electrons. The SMILES string of the molecule is CC(=O)N1CCC(CNC[C@@]2(O)CCCN(Cc3ccc(F)c(F)c3)C2=O)CC1. The Morgan fingerprint density at radius 2 is 1.97 bits per heavy atom. The van der Waals surface area contributed by atoms with Crippen molar-refractivity contribution in [3.63, 3.8) is 0 Å². The molecule has 0 spiro atoms. The molecule has 0 aromatic heterocycles. The number of aliphatic hydroxyl groups is 1. The molecule has 1 aromatic carbocycles. The van der Waals surface area contributed by atoms with Gasteiger partial charge in [0.15, 0.2) is 17.2 Å². The van der Waals surface area contributed by atoms with Crippen molar-refractivity contribution < 1.29 is 23.5 Å². The number of rotatable bonds is 6. The van der Waals surface area contributed by atoms with Crippen LogP contribution in [0, 0.1) is 17.6 Å². The number of amides is 2. The monoisotopic (exact) mass is 409 g/mol. The van der Waals surface area contributed by atoms with Crippen LogP contribution in [0.3, 0.4) is 0 Å². The van der Waals surface area contributed by atoms with E-state index in [0.717, 1.165) is 38.1 Å². The maximum absolute atomic E-state index is 13.4. The van der Waals surface area contributed by atoms with Gasteiger partial charge in [-0.15, -0.1) is 0 Å². The molecule has 2 fully saturated rings. The average Bonchev–Trinajstić information content (AvgIpc) is 2.69. The smallest absolute Gasteiger partial charge is 0.256 e. The first-order valence-corrected chi connectivity index (χ1v) is 10.2. The molecule has 3 rings (SSSR count). The first-order chi connectivity index (χ1) is 13.8. The lowest BCUT2D eigenvalue weighted by molar-refractivity contribution is -0.157. The highest BCUT2D eigenvalue weighted by Gasteiger charge is 2.42. The Labute approximate surface area is 169 Å². The van der Waals surface area contributed by atoms with Crippen LogP contribution in [-0.2, 0) is 16.1 Å². The lowest BCUT2D eigenvalue weighted by Crippen LogP contribution is -2.58. The third kappa shape index (κ3) is 5.30. The van der Waals surface area contributed by atoms with E-state index in [0.29, 0.717) is 37.4 Å². The number of benzene rings is 1. The molecule has 1 aromatic rings. The van der Waals surface area contributed by atoms with Gasteiger partial charge in [0, 0.05) is 39.6 Å². The van der Waals surface area contributed by atoms with E-state index in [-0.39, 0.29) is 24.9 Å². The van der Waals surface area contributed by atoms with Crippen molar-refractivity contribution in [3.8, 4) is 0 Å². The molecule has 0 bridgehead atoms. The van der Waals surface area contributed by atoms with E-state index >= 15 is 0 Å². The normalized spacial score (nSPS) is 23.5. The van der Waals surface area contributed by atoms with Gasteiger partial charge < -0.3 is 20.2 Å². The number of carbonyl (C=O) groups is 2. The van der Waals surface area contributed by atoms with Gasteiger partial charge in [-0.2, -0.15) is 0 Å². The summed E-state index contributed by atoms with van der Waals surface area (Å²) in [6, 6.07) is 3.58. The van der Waals surface area contributed by atoms with Gasteiger partial charge in [0.05, 0.1) is 0 Å². The third-order valence-electron chi connectivity index (χ3n) is 5.97. The minimum atomic E-state index is -1.49. The summed E-state index contributed by atoms with van der Waals surface area (Å²) in [7, 11) is 0. The zero-order chi connectivity index (χ0) is 21.0. The molecule has 2 aliphatic heterocycles. The van der Waals surface area contributed by atoms with Crippen molar-refractivity contribution in [3.05, 3.63) is 35.4 Å². The van der Waals surface area contributed by atoms with E-state index in [1.165, 1.54) is 11.0 Å². The van der Waals surface area contributed by atoms with E-state index in [4.69, 9.17) is 0 Å². The van der Waals surface area contributed by atoms with Gasteiger partial charge in [-0.25, -0.2) is 8.78 Å². The van der Waals surface area contributed by atoms with Crippen molar-refractivity contribution in [2.24, 2.45) is 5.92 Å². The Balaban J connectivity index is 1.50. The fourth-order valence-corrected chi connectivity index (χ4v) is 4.17. The van der Waals surface area contributed by atoms with Crippen molar-refractivity contribution in [1.29, 1.82) is 0 Å². The topological polar surface area (TPSA) is 72.9 Å². The first kappa shape index (κ1) is 21.6. The zero-order valence-electron chi connectivity index (χ0n) is 16.8. The largest absolute Gasteiger partial charge is 0.379 e. The summed E-state index contributed by atoms with van der Waals surface area (Å²) in [6.45, 7) is 4.53. The molecule has 1 atom stereocenters. The van der Waals surface area contributed by atoms with E-state index in [1.807, 2.05) is 4.90 Å². The summed E-state index contributed by atoms with van der Waals surface area (Å²) < 4.78 is 26.5. The van der Waals surface area contributed by atoms with Crippen LogP contribution in [0.15, 0.2) is 18.2 Å². The van der Waals surface area contributed by atoms with Crippen LogP contribution in [0.4, 0.5) is 8.78 Å². The zero-order valence-corrected chi connectivity index (χ0v) is 16.8. The average molecular weight is 409 g/mol. The molecule has 8 heteroatoms. The Morgan fingerprint density at radius 3 is 2.62 bits per heavy atom. The van der Waals surface area contributed by atoms with Crippen molar-refractivity contribution >= 4 is 11.8 Å². The Hall–Kier alpha value is -2.06. The fourth-order valence-electron chi connectivity index (χ4n) is 4.17. The summed E-state index contributed by atoms with van der Waals surface area (Å²) in [4.78, 5) is 27.6. The second-order valence-corrected chi connectivity index (χ2v) is 8.19. The van der Waals surface area contributed by atoms with E-state index < -0.39 is 17.2 Å². The Kier molecular flexibility index (Phi) is 6.85. The molecule has 2 saturated heterocycles. The van der Waals surface area contributed by atoms with E-state index in [1.54, 1.807) is 6.92 Å². The van der Waals surface area contributed by atoms with Crippen LogP contribution in [-0.4, -0.2) is 65.0 Å². The standard InChI is InChI=1S/C21H29F2N3O3/c1-15(27)25-9-5-16(6-10-25)12-24-14-21(29)7-2-8-26(20(21)28)13-17-3-4-18(22)19(23)11-17/h3-4,11,16,24,29H,2,5-10,12-14H2,1H3/t21-/m0/s1. The molecular formula is C21H29F2N3O3. The molecule has 0 radical (unpaired) electrons. The molecule has 6 nitrogen and oxygen atoms in total. The predicted octanol–water partition coefficient (Wildman–Crippen LogP) is 1.67. The summed E-state index contributed by atoms with van der Waals surface area (Å²) in [5.74, 6) is -1.74. The maximum Gasteiger partial charge on any atom is 0.256 e. The highest BCUT2D eigenvalue weighted by Crippen LogP contribution is 2.25. The number of hydrogen-bond donors (Lipinski definition) is 2. The molecule has 2 heterocycles. The van der Waals surface area contributed by atoms with Crippen molar-refractivity contribution in [1.82, 2.24) is 15.1 Å². The van der Waals surface area contributed by atoms with Crippen molar-refractivity contribution in [2.45, 2.75) is 44.8 Å². The van der Waals surface area contributed by atoms with Gasteiger partial charge in [-0.05, 0) is 55.8 Å². The third-order valence-corrected chi connectivity index (χ3v) is 5.97.